The quantitative estimate of drug-likeness (QED) is 0.642. The summed E-state index contributed by atoms with van der Waals surface area (Å²) in [5, 5.41) is 3.04. The van der Waals surface area contributed by atoms with E-state index in [1.54, 1.807) is 11.8 Å². The van der Waals surface area contributed by atoms with Gasteiger partial charge in [0.05, 0.1) is 0 Å². The summed E-state index contributed by atoms with van der Waals surface area (Å²) >= 11 is 1.68. The van der Waals surface area contributed by atoms with Crippen molar-refractivity contribution in [2.24, 2.45) is 11.5 Å². The van der Waals surface area contributed by atoms with Crippen molar-refractivity contribution in [1.29, 1.82) is 0 Å². The molecule has 5 N–H and O–H groups in total. The van der Waals surface area contributed by atoms with Gasteiger partial charge >= 0.3 is 0 Å². The highest BCUT2D eigenvalue weighted by Crippen LogP contribution is 2.17. The molecule has 0 radical (unpaired) electrons. The summed E-state index contributed by atoms with van der Waals surface area (Å²) in [5.74, 6) is -0.497. The lowest BCUT2D eigenvalue weighted by Crippen LogP contribution is -2.41. The Balaban J connectivity index is 2.47. The van der Waals surface area contributed by atoms with Gasteiger partial charge in [-0.3, -0.25) is 4.79 Å². The number of rotatable bonds is 5. The van der Waals surface area contributed by atoms with E-state index in [9.17, 15) is 4.79 Å². The summed E-state index contributed by atoms with van der Waals surface area (Å²) in [6, 6.07) is 7.25. The van der Waals surface area contributed by atoms with E-state index >= 15 is 0 Å². The maximum absolute atomic E-state index is 10.7. The first kappa shape index (κ1) is 11.9. The van der Waals surface area contributed by atoms with E-state index in [4.69, 9.17) is 11.5 Å². The molecule has 0 saturated carbocycles. The largest absolute Gasteiger partial charge is 0.383 e. The number of hydrogen-bond acceptors (Lipinski definition) is 4. The number of nitrogens with two attached hydrogens (primary N) is 2. The highest BCUT2D eigenvalue weighted by Gasteiger charge is 2.07. The minimum Gasteiger partial charge on any atom is -0.383 e. The van der Waals surface area contributed by atoms with Crippen molar-refractivity contribution in [3.05, 3.63) is 24.3 Å². The van der Waals surface area contributed by atoms with Crippen LogP contribution >= 0.6 is 11.8 Å². The van der Waals surface area contributed by atoms with E-state index in [1.807, 2.05) is 30.5 Å². The molecule has 0 aliphatic heterocycles. The summed E-state index contributed by atoms with van der Waals surface area (Å²) < 4.78 is 0. The van der Waals surface area contributed by atoms with Crippen LogP contribution in [-0.2, 0) is 4.79 Å². The molecule has 1 rings (SSSR count). The van der Waals surface area contributed by atoms with Crippen LogP contribution in [0.25, 0.3) is 0 Å². The first-order valence-corrected chi connectivity index (χ1v) is 5.79. The van der Waals surface area contributed by atoms with Crippen LogP contribution in [0.15, 0.2) is 29.2 Å². The molecule has 82 valence electrons. The van der Waals surface area contributed by atoms with E-state index in [1.165, 1.54) is 4.90 Å². The summed E-state index contributed by atoms with van der Waals surface area (Å²) in [6.45, 7) is 0.355. The SMILES string of the molecule is CSc1ccc(NCC(N)C(N)=O)cc1. The van der Waals surface area contributed by atoms with Crippen molar-refractivity contribution in [2.45, 2.75) is 10.9 Å². The highest BCUT2D eigenvalue weighted by atomic mass is 32.2. The van der Waals surface area contributed by atoms with Crippen LogP contribution in [0.3, 0.4) is 0 Å². The van der Waals surface area contributed by atoms with Gasteiger partial charge in [-0.1, -0.05) is 0 Å². The molecule has 0 aliphatic carbocycles. The first-order valence-electron chi connectivity index (χ1n) is 4.56. The summed E-state index contributed by atoms with van der Waals surface area (Å²) in [7, 11) is 0. The fourth-order valence-corrected chi connectivity index (χ4v) is 1.45. The standard InChI is InChI=1S/C10H15N3OS/c1-15-8-4-2-7(3-5-8)13-6-9(11)10(12)14/h2-5,9,13H,6,11H2,1H3,(H2,12,14). The number of hydrogen-bond donors (Lipinski definition) is 3. The maximum Gasteiger partial charge on any atom is 0.236 e. The Labute approximate surface area is 93.4 Å². The van der Waals surface area contributed by atoms with Crippen LogP contribution in [0.4, 0.5) is 5.69 Å². The highest BCUT2D eigenvalue weighted by molar-refractivity contribution is 7.98. The normalized spacial score (nSPS) is 12.1. The van der Waals surface area contributed by atoms with E-state index in [2.05, 4.69) is 5.32 Å². The molecule has 1 amide bonds. The van der Waals surface area contributed by atoms with Crippen LogP contribution in [-0.4, -0.2) is 24.7 Å². The molecule has 0 aliphatic rings. The van der Waals surface area contributed by atoms with Gasteiger partial charge in [-0.15, -0.1) is 11.8 Å². The minimum absolute atomic E-state index is 0.355. The predicted octanol–water partition coefficient (Wildman–Crippen LogP) is 0.633. The van der Waals surface area contributed by atoms with E-state index in [-0.39, 0.29) is 0 Å². The number of primary amides is 1. The second-order valence-corrected chi connectivity index (χ2v) is 4.00. The summed E-state index contributed by atoms with van der Waals surface area (Å²) in [6.07, 6.45) is 2.02. The Hall–Kier alpha value is -1.20. The predicted molar refractivity (Wildman–Crippen MR) is 63.9 cm³/mol. The fraction of sp³-hybridized carbons (Fsp3) is 0.300. The van der Waals surface area contributed by atoms with Crippen LogP contribution in [0, 0.1) is 0 Å². The molecule has 4 nitrogen and oxygen atoms in total. The van der Waals surface area contributed by atoms with Crippen molar-refractivity contribution >= 4 is 23.4 Å². The molecule has 15 heavy (non-hydrogen) atoms. The molecule has 5 heteroatoms. The molecule has 1 unspecified atom stereocenters. The third kappa shape index (κ3) is 3.81. The zero-order valence-corrected chi connectivity index (χ0v) is 9.38. The van der Waals surface area contributed by atoms with Crippen molar-refractivity contribution in [3.63, 3.8) is 0 Å². The molecule has 0 aromatic heterocycles. The third-order valence-corrected chi connectivity index (χ3v) is 2.73. The number of thioether (sulfide) groups is 1. The lowest BCUT2D eigenvalue weighted by atomic mass is 10.2. The van der Waals surface area contributed by atoms with Gasteiger partial charge in [0.1, 0.15) is 6.04 Å². The van der Waals surface area contributed by atoms with Crippen LogP contribution in [0.1, 0.15) is 0 Å². The third-order valence-electron chi connectivity index (χ3n) is 1.98. The van der Waals surface area contributed by atoms with Crippen molar-refractivity contribution in [3.8, 4) is 0 Å². The molecule has 0 bridgehead atoms. The number of benzene rings is 1. The Morgan fingerprint density at radius 3 is 2.53 bits per heavy atom. The zero-order chi connectivity index (χ0) is 11.3. The van der Waals surface area contributed by atoms with Crippen molar-refractivity contribution < 1.29 is 4.79 Å². The summed E-state index contributed by atoms with van der Waals surface area (Å²) in [5.41, 5.74) is 11.5. The second-order valence-electron chi connectivity index (χ2n) is 3.12. The Kier molecular flexibility index (Phi) is 4.45. The Morgan fingerprint density at radius 2 is 2.07 bits per heavy atom. The topological polar surface area (TPSA) is 81.1 Å². The second kappa shape index (κ2) is 5.63. The van der Waals surface area contributed by atoms with Gasteiger partial charge in [0, 0.05) is 17.1 Å². The van der Waals surface area contributed by atoms with Gasteiger partial charge in [0.15, 0.2) is 0 Å². The number of carbonyl (C=O) groups excluding carboxylic acids is 1. The lowest BCUT2D eigenvalue weighted by molar-refractivity contribution is -0.118. The fourth-order valence-electron chi connectivity index (χ4n) is 1.04. The van der Waals surface area contributed by atoms with Gasteiger partial charge in [-0.05, 0) is 30.5 Å². The monoisotopic (exact) mass is 225 g/mol. The van der Waals surface area contributed by atoms with E-state index < -0.39 is 11.9 Å². The number of nitrogens with one attached hydrogen (secondary N) is 1. The number of carbonyl (C=O) groups is 1. The van der Waals surface area contributed by atoms with Gasteiger partial charge in [-0.2, -0.15) is 0 Å². The summed E-state index contributed by atoms with van der Waals surface area (Å²) in [4.78, 5) is 11.9. The molecule has 0 spiro atoms. The Bertz CT molecular complexity index is 326. The van der Waals surface area contributed by atoms with E-state index in [0.717, 1.165) is 5.69 Å². The van der Waals surface area contributed by atoms with Gasteiger partial charge in [0.2, 0.25) is 5.91 Å². The smallest absolute Gasteiger partial charge is 0.236 e. The van der Waals surface area contributed by atoms with Crippen molar-refractivity contribution in [1.82, 2.24) is 0 Å². The van der Waals surface area contributed by atoms with Gasteiger partial charge in [0.25, 0.3) is 0 Å². The lowest BCUT2D eigenvalue weighted by Gasteiger charge is -2.10. The molecular weight excluding hydrogens is 210 g/mol. The molecule has 0 heterocycles. The molecule has 1 aromatic carbocycles. The first-order chi connectivity index (χ1) is 7.13. The van der Waals surface area contributed by atoms with Gasteiger partial charge in [-0.25, -0.2) is 0 Å². The molecular formula is C10H15N3OS. The average molecular weight is 225 g/mol. The Morgan fingerprint density at radius 1 is 1.47 bits per heavy atom. The zero-order valence-electron chi connectivity index (χ0n) is 8.57. The molecule has 1 atom stereocenters. The van der Waals surface area contributed by atoms with Crippen molar-refractivity contribution in [2.75, 3.05) is 18.1 Å². The average Bonchev–Trinajstić information content (AvgIpc) is 2.26. The molecule has 0 fully saturated rings. The number of anilines is 1. The van der Waals surface area contributed by atoms with Crippen LogP contribution < -0.4 is 16.8 Å². The maximum atomic E-state index is 10.7. The van der Waals surface area contributed by atoms with E-state index in [0.29, 0.717) is 6.54 Å². The van der Waals surface area contributed by atoms with Crippen LogP contribution in [0.5, 0.6) is 0 Å². The minimum atomic E-state index is -0.648. The number of amides is 1. The van der Waals surface area contributed by atoms with Gasteiger partial charge < -0.3 is 16.8 Å². The molecule has 1 aromatic rings. The van der Waals surface area contributed by atoms with Crippen LogP contribution in [0.2, 0.25) is 0 Å². The molecule has 0 saturated heterocycles.